The third-order valence-electron chi connectivity index (χ3n) is 1.03. The molecule has 0 saturated heterocycles. The molecule has 0 spiro atoms. The molecule has 2 N–H and O–H groups in total. The van der Waals surface area contributed by atoms with Crippen LogP contribution in [-0.2, 0) is 16.8 Å². The second kappa shape index (κ2) is 3.57. The smallest absolute Gasteiger partial charge is 0.273 e. The lowest BCUT2D eigenvalue weighted by molar-refractivity contribution is 0.466. The molecule has 6 nitrogen and oxygen atoms in total. The molecule has 0 aliphatic rings. The average Bonchev–Trinajstić information content (AvgIpc) is 2.02. The summed E-state index contributed by atoms with van der Waals surface area (Å²) in [5, 5.41) is 0. The van der Waals surface area contributed by atoms with E-state index >= 15 is 0 Å². The van der Waals surface area contributed by atoms with E-state index in [0.717, 1.165) is 0 Å². The summed E-state index contributed by atoms with van der Waals surface area (Å²) < 4.78 is 30.5. The van der Waals surface area contributed by atoms with E-state index in [1.165, 1.54) is 12.4 Å². The highest BCUT2D eigenvalue weighted by molar-refractivity contribution is 7.83. The molecule has 1 rings (SSSR count). The average molecular weight is 189 g/mol. The maximum absolute atomic E-state index is 10.2. The molecule has 0 atom stereocenters. The van der Waals surface area contributed by atoms with Crippen LogP contribution >= 0.6 is 0 Å². The van der Waals surface area contributed by atoms with Gasteiger partial charge in [0.15, 0.2) is 0 Å². The van der Waals surface area contributed by atoms with Gasteiger partial charge in [-0.05, 0) is 6.07 Å². The number of nitrogens with one attached hydrogen (secondary N) is 1. The van der Waals surface area contributed by atoms with E-state index in [1.807, 2.05) is 4.72 Å². The molecule has 0 radical (unpaired) electrons. The molecule has 0 bridgehead atoms. The van der Waals surface area contributed by atoms with Gasteiger partial charge < -0.3 is 0 Å². The molecule has 0 saturated carbocycles. The van der Waals surface area contributed by atoms with Gasteiger partial charge in [-0.25, -0.2) is 9.97 Å². The van der Waals surface area contributed by atoms with E-state index < -0.39 is 10.3 Å². The summed E-state index contributed by atoms with van der Waals surface area (Å²) in [4.78, 5) is 7.47. The Bertz CT molecular complexity index is 336. The fourth-order valence-corrected chi connectivity index (χ4v) is 0.889. The predicted molar refractivity (Wildman–Crippen MR) is 40.4 cm³/mol. The van der Waals surface area contributed by atoms with Gasteiger partial charge in [0.25, 0.3) is 0 Å². The van der Waals surface area contributed by atoms with Gasteiger partial charge in [-0.2, -0.15) is 13.1 Å². The highest BCUT2D eigenvalue weighted by Gasteiger charge is 2.03. The van der Waals surface area contributed by atoms with Crippen LogP contribution in [0.1, 0.15) is 5.82 Å². The van der Waals surface area contributed by atoms with E-state index in [4.69, 9.17) is 4.55 Å². The minimum atomic E-state index is -4.15. The molecule has 0 aliphatic heterocycles. The van der Waals surface area contributed by atoms with Crippen molar-refractivity contribution in [3.05, 3.63) is 24.3 Å². The highest BCUT2D eigenvalue weighted by Crippen LogP contribution is 1.86. The Balaban J connectivity index is 2.56. The van der Waals surface area contributed by atoms with Crippen LogP contribution < -0.4 is 4.72 Å². The van der Waals surface area contributed by atoms with Gasteiger partial charge in [-0.3, -0.25) is 4.55 Å². The van der Waals surface area contributed by atoms with Crippen molar-refractivity contribution in [2.75, 3.05) is 0 Å². The van der Waals surface area contributed by atoms with Crippen molar-refractivity contribution in [2.45, 2.75) is 6.54 Å². The summed E-state index contributed by atoms with van der Waals surface area (Å²) in [5.74, 6) is 0.301. The van der Waals surface area contributed by atoms with Gasteiger partial charge in [0.05, 0.1) is 6.54 Å². The Morgan fingerprint density at radius 3 is 2.50 bits per heavy atom. The van der Waals surface area contributed by atoms with Gasteiger partial charge in [0.2, 0.25) is 0 Å². The topological polar surface area (TPSA) is 92.2 Å². The zero-order valence-corrected chi connectivity index (χ0v) is 6.82. The normalized spacial score (nSPS) is 11.4. The molecular formula is C5H7N3O3S. The standard InChI is InChI=1S/C5H7N3O3S/c9-12(10,11)8-4-5-6-2-1-3-7-5/h1-3,8H,4H2,(H,9,10,11). The minimum Gasteiger partial charge on any atom is -0.273 e. The van der Waals surface area contributed by atoms with Crippen LogP contribution in [0.5, 0.6) is 0 Å². The van der Waals surface area contributed by atoms with E-state index in [0.29, 0.717) is 5.82 Å². The first-order valence-corrected chi connectivity index (χ1v) is 4.50. The molecule has 0 aromatic carbocycles. The number of aromatic nitrogens is 2. The minimum absolute atomic E-state index is 0.111. The Kier molecular flexibility index (Phi) is 2.69. The quantitative estimate of drug-likeness (QED) is 0.617. The predicted octanol–water partition coefficient (Wildman–Crippen LogP) is -0.631. The van der Waals surface area contributed by atoms with Crippen molar-refractivity contribution in [3.8, 4) is 0 Å². The first kappa shape index (κ1) is 9.04. The molecular weight excluding hydrogens is 182 g/mol. The maximum atomic E-state index is 10.2. The van der Waals surface area contributed by atoms with Gasteiger partial charge in [0, 0.05) is 12.4 Å². The van der Waals surface area contributed by atoms with Crippen molar-refractivity contribution in [1.82, 2.24) is 14.7 Å². The molecule has 7 heteroatoms. The van der Waals surface area contributed by atoms with Gasteiger partial charge in [-0.1, -0.05) is 0 Å². The zero-order chi connectivity index (χ0) is 9.03. The second-order valence-corrected chi connectivity index (χ2v) is 3.20. The molecule has 0 unspecified atom stereocenters. The third-order valence-corrected chi connectivity index (χ3v) is 1.54. The van der Waals surface area contributed by atoms with Crippen LogP contribution in [0.3, 0.4) is 0 Å². The third kappa shape index (κ3) is 3.37. The summed E-state index contributed by atoms with van der Waals surface area (Å²) in [6.07, 6.45) is 2.96. The molecule has 1 heterocycles. The largest absolute Gasteiger partial charge is 0.333 e. The highest BCUT2D eigenvalue weighted by atomic mass is 32.2. The van der Waals surface area contributed by atoms with E-state index in [-0.39, 0.29) is 6.54 Å². The molecule has 12 heavy (non-hydrogen) atoms. The SMILES string of the molecule is O=S(=O)(O)NCc1ncccn1. The molecule has 0 fully saturated rings. The maximum Gasteiger partial charge on any atom is 0.333 e. The Labute approximate surface area is 69.5 Å². The van der Waals surface area contributed by atoms with Gasteiger partial charge in [0.1, 0.15) is 5.82 Å². The van der Waals surface area contributed by atoms with Crippen LogP contribution in [0.2, 0.25) is 0 Å². The first-order chi connectivity index (χ1) is 5.58. The number of hydrogen-bond acceptors (Lipinski definition) is 4. The molecule has 1 aromatic rings. The molecule has 0 amide bonds. The lowest BCUT2D eigenvalue weighted by Gasteiger charge is -1.97. The summed E-state index contributed by atoms with van der Waals surface area (Å²) in [6, 6.07) is 1.61. The van der Waals surface area contributed by atoms with Crippen LogP contribution in [0.15, 0.2) is 18.5 Å². The van der Waals surface area contributed by atoms with Crippen molar-refractivity contribution in [1.29, 1.82) is 0 Å². The Morgan fingerprint density at radius 1 is 1.42 bits per heavy atom. The lowest BCUT2D eigenvalue weighted by atomic mass is 10.6. The van der Waals surface area contributed by atoms with Gasteiger partial charge in [-0.15, -0.1) is 0 Å². The van der Waals surface area contributed by atoms with Gasteiger partial charge >= 0.3 is 10.3 Å². The Morgan fingerprint density at radius 2 is 2.00 bits per heavy atom. The Hall–Kier alpha value is -1.05. The summed E-state index contributed by atoms with van der Waals surface area (Å²) in [7, 11) is -4.15. The van der Waals surface area contributed by atoms with Crippen molar-refractivity contribution in [2.24, 2.45) is 0 Å². The zero-order valence-electron chi connectivity index (χ0n) is 6.01. The first-order valence-electron chi connectivity index (χ1n) is 3.06. The van der Waals surface area contributed by atoms with Crippen molar-refractivity contribution < 1.29 is 13.0 Å². The molecule has 0 aliphatic carbocycles. The van der Waals surface area contributed by atoms with Crippen LogP contribution in [0, 0.1) is 0 Å². The van der Waals surface area contributed by atoms with E-state index in [1.54, 1.807) is 6.07 Å². The van der Waals surface area contributed by atoms with E-state index in [2.05, 4.69) is 9.97 Å². The fraction of sp³-hybridized carbons (Fsp3) is 0.200. The number of nitrogens with zero attached hydrogens (tertiary/aromatic N) is 2. The summed E-state index contributed by atoms with van der Waals surface area (Å²) >= 11 is 0. The molecule has 66 valence electrons. The molecule has 1 aromatic heterocycles. The number of rotatable bonds is 3. The van der Waals surface area contributed by atoms with E-state index in [9.17, 15) is 8.42 Å². The number of hydrogen-bond donors (Lipinski definition) is 2. The second-order valence-electron chi connectivity index (χ2n) is 1.96. The van der Waals surface area contributed by atoms with Crippen molar-refractivity contribution >= 4 is 10.3 Å². The fourth-order valence-electron chi connectivity index (χ4n) is 0.577. The van der Waals surface area contributed by atoms with Crippen LogP contribution in [-0.4, -0.2) is 22.9 Å². The van der Waals surface area contributed by atoms with Crippen LogP contribution in [0.4, 0.5) is 0 Å². The summed E-state index contributed by atoms with van der Waals surface area (Å²) in [6.45, 7) is -0.111. The summed E-state index contributed by atoms with van der Waals surface area (Å²) in [5.41, 5.74) is 0. The lowest BCUT2D eigenvalue weighted by Crippen LogP contribution is -2.22. The van der Waals surface area contributed by atoms with Crippen LogP contribution in [0.25, 0.3) is 0 Å². The van der Waals surface area contributed by atoms with Crippen molar-refractivity contribution in [3.63, 3.8) is 0 Å². The monoisotopic (exact) mass is 189 g/mol.